The van der Waals surface area contributed by atoms with Crippen LogP contribution in [0.5, 0.6) is 0 Å². The third-order valence-corrected chi connectivity index (χ3v) is 3.63. The molecule has 0 radical (unpaired) electrons. The highest BCUT2D eigenvalue weighted by atomic mass is 16.8. The van der Waals surface area contributed by atoms with Crippen LogP contribution in [-0.4, -0.2) is 42.8 Å². The number of hydrogen-bond acceptors (Lipinski definition) is 6. The predicted molar refractivity (Wildman–Crippen MR) is 62.7 cm³/mol. The van der Waals surface area contributed by atoms with Crippen LogP contribution in [0.3, 0.4) is 0 Å². The summed E-state index contributed by atoms with van der Waals surface area (Å²) in [7, 11) is 0. The summed E-state index contributed by atoms with van der Waals surface area (Å²) in [6.07, 6.45) is -1.51. The maximum atomic E-state index is 9.38. The minimum Gasteiger partial charge on any atom is -0.348 e. The second-order valence-corrected chi connectivity index (χ2v) is 6.09. The molecule has 0 aromatic rings. The van der Waals surface area contributed by atoms with Gasteiger partial charge in [-0.15, -0.1) is 0 Å². The number of nitrogens with zero attached hydrogens (tertiary/aromatic N) is 1. The van der Waals surface area contributed by atoms with E-state index in [4.69, 9.17) is 23.7 Å². The van der Waals surface area contributed by atoms with E-state index in [-0.39, 0.29) is 18.3 Å². The van der Waals surface area contributed by atoms with Crippen LogP contribution in [0.25, 0.3) is 0 Å². The van der Waals surface area contributed by atoms with Gasteiger partial charge in [0.2, 0.25) is 0 Å². The summed E-state index contributed by atoms with van der Waals surface area (Å²) in [6, 6.07) is 2.26. The monoisotopic (exact) mass is 269 g/mol. The Labute approximate surface area is 112 Å². The van der Waals surface area contributed by atoms with Crippen LogP contribution in [-0.2, 0) is 23.7 Å². The fourth-order valence-electron chi connectivity index (χ4n) is 2.88. The summed E-state index contributed by atoms with van der Waals surface area (Å²) in [5.41, 5.74) is 0. The fourth-order valence-corrected chi connectivity index (χ4v) is 2.88. The van der Waals surface area contributed by atoms with Gasteiger partial charge < -0.3 is 23.7 Å². The highest BCUT2D eigenvalue weighted by Gasteiger charge is 2.58. The van der Waals surface area contributed by atoms with Gasteiger partial charge in [0.1, 0.15) is 24.2 Å². The maximum Gasteiger partial charge on any atom is 0.189 e. The standard InChI is InChI=1S/C13H19NO5/c1-12(2)15-6-8(17-12)9-7(5-14)10-11(16-9)19-13(3,4)18-10/h7-11H,6H2,1-4H3/t7-,8+,9+,10-,11-/m1/s1. The molecular weight excluding hydrogens is 250 g/mol. The zero-order chi connectivity index (χ0) is 13.8. The molecule has 106 valence electrons. The molecule has 3 heterocycles. The summed E-state index contributed by atoms with van der Waals surface area (Å²) in [5, 5.41) is 9.38. The maximum absolute atomic E-state index is 9.38. The molecule has 0 unspecified atom stereocenters. The highest BCUT2D eigenvalue weighted by molar-refractivity contribution is 5.06. The van der Waals surface area contributed by atoms with Crippen molar-refractivity contribution in [2.45, 2.75) is 63.9 Å². The lowest BCUT2D eigenvalue weighted by molar-refractivity contribution is -0.224. The van der Waals surface area contributed by atoms with E-state index < -0.39 is 23.8 Å². The minimum atomic E-state index is -0.707. The van der Waals surface area contributed by atoms with E-state index in [0.717, 1.165) is 0 Å². The molecule has 3 aliphatic heterocycles. The summed E-state index contributed by atoms with van der Waals surface area (Å²) in [4.78, 5) is 0. The van der Waals surface area contributed by atoms with Gasteiger partial charge in [-0.2, -0.15) is 5.26 Å². The van der Waals surface area contributed by atoms with Gasteiger partial charge in [0.15, 0.2) is 17.9 Å². The summed E-state index contributed by atoms with van der Waals surface area (Å²) in [5.74, 6) is -1.75. The average Bonchev–Trinajstić information content (AvgIpc) is 2.87. The van der Waals surface area contributed by atoms with Crippen molar-refractivity contribution in [1.82, 2.24) is 0 Å². The average molecular weight is 269 g/mol. The molecular formula is C13H19NO5. The Morgan fingerprint density at radius 3 is 2.32 bits per heavy atom. The lowest BCUT2D eigenvalue weighted by Crippen LogP contribution is -2.38. The van der Waals surface area contributed by atoms with Gasteiger partial charge in [-0.05, 0) is 27.7 Å². The summed E-state index contributed by atoms with van der Waals surface area (Å²) in [6.45, 7) is 7.74. The van der Waals surface area contributed by atoms with Gasteiger partial charge in [-0.25, -0.2) is 0 Å². The first-order valence-corrected chi connectivity index (χ1v) is 6.54. The van der Waals surface area contributed by atoms with E-state index in [2.05, 4.69) is 6.07 Å². The summed E-state index contributed by atoms with van der Waals surface area (Å²) >= 11 is 0. The van der Waals surface area contributed by atoms with Crippen LogP contribution < -0.4 is 0 Å². The van der Waals surface area contributed by atoms with Gasteiger partial charge in [-0.1, -0.05) is 0 Å². The predicted octanol–water partition coefficient (Wildman–Crippen LogP) is 1.15. The number of ether oxygens (including phenoxy) is 5. The molecule has 0 saturated carbocycles. The zero-order valence-corrected chi connectivity index (χ0v) is 11.6. The van der Waals surface area contributed by atoms with Crippen LogP contribution >= 0.6 is 0 Å². The molecule has 0 aliphatic carbocycles. The Balaban J connectivity index is 1.75. The highest BCUT2D eigenvalue weighted by Crippen LogP contribution is 2.43. The molecule has 0 N–H and O–H groups in total. The van der Waals surface area contributed by atoms with Crippen LogP contribution in [0.2, 0.25) is 0 Å². The van der Waals surface area contributed by atoms with Gasteiger partial charge in [0.25, 0.3) is 0 Å². The van der Waals surface area contributed by atoms with Crippen molar-refractivity contribution in [3.05, 3.63) is 0 Å². The van der Waals surface area contributed by atoms with Crippen molar-refractivity contribution < 1.29 is 23.7 Å². The Kier molecular flexibility index (Phi) is 2.89. The molecule has 3 aliphatic rings. The molecule has 3 saturated heterocycles. The van der Waals surface area contributed by atoms with Gasteiger partial charge in [0.05, 0.1) is 12.7 Å². The Hall–Kier alpha value is -0.710. The van der Waals surface area contributed by atoms with Crippen molar-refractivity contribution in [2.75, 3.05) is 6.61 Å². The third kappa shape index (κ3) is 2.26. The molecule has 0 aromatic heterocycles. The molecule has 6 nitrogen and oxygen atoms in total. The molecule has 3 fully saturated rings. The topological polar surface area (TPSA) is 69.9 Å². The Morgan fingerprint density at radius 1 is 1.00 bits per heavy atom. The summed E-state index contributed by atoms with van der Waals surface area (Å²) < 4.78 is 28.5. The molecule has 3 rings (SSSR count). The largest absolute Gasteiger partial charge is 0.348 e. The second-order valence-electron chi connectivity index (χ2n) is 6.09. The molecule has 6 heteroatoms. The van der Waals surface area contributed by atoms with Crippen molar-refractivity contribution in [3.8, 4) is 6.07 Å². The molecule has 5 atom stereocenters. The van der Waals surface area contributed by atoms with Crippen LogP contribution in [0.4, 0.5) is 0 Å². The lowest BCUT2D eigenvalue weighted by Gasteiger charge is -2.26. The third-order valence-electron chi connectivity index (χ3n) is 3.63. The molecule has 0 aromatic carbocycles. The number of rotatable bonds is 1. The van der Waals surface area contributed by atoms with E-state index in [0.29, 0.717) is 6.61 Å². The molecule has 19 heavy (non-hydrogen) atoms. The number of hydrogen-bond donors (Lipinski definition) is 0. The first-order chi connectivity index (χ1) is 8.81. The van der Waals surface area contributed by atoms with Crippen molar-refractivity contribution in [1.29, 1.82) is 5.26 Å². The smallest absolute Gasteiger partial charge is 0.189 e. The Morgan fingerprint density at radius 2 is 1.74 bits per heavy atom. The normalized spacial score (nSPS) is 47.0. The van der Waals surface area contributed by atoms with E-state index in [1.165, 1.54) is 0 Å². The molecule has 0 amide bonds. The van der Waals surface area contributed by atoms with Crippen LogP contribution in [0, 0.1) is 17.2 Å². The van der Waals surface area contributed by atoms with Crippen LogP contribution in [0.1, 0.15) is 27.7 Å². The lowest BCUT2D eigenvalue weighted by atomic mass is 9.96. The van der Waals surface area contributed by atoms with E-state index in [1.807, 2.05) is 27.7 Å². The van der Waals surface area contributed by atoms with Gasteiger partial charge >= 0.3 is 0 Å². The fraction of sp³-hybridized carbons (Fsp3) is 0.923. The first-order valence-electron chi connectivity index (χ1n) is 6.54. The SMILES string of the molecule is CC1(C)O[C@H]2O[C@H]([C@@H]3COC(C)(C)O3)[C@@H](C#N)[C@H]2O1. The minimum absolute atomic E-state index is 0.263. The van der Waals surface area contributed by atoms with Gasteiger partial charge in [-0.3, -0.25) is 0 Å². The number of fused-ring (bicyclic) bond motifs is 1. The van der Waals surface area contributed by atoms with Crippen molar-refractivity contribution >= 4 is 0 Å². The second kappa shape index (κ2) is 4.14. The van der Waals surface area contributed by atoms with E-state index in [1.54, 1.807) is 0 Å². The van der Waals surface area contributed by atoms with Gasteiger partial charge in [0, 0.05) is 0 Å². The first kappa shape index (κ1) is 13.3. The quantitative estimate of drug-likeness (QED) is 0.711. The van der Waals surface area contributed by atoms with Crippen LogP contribution in [0.15, 0.2) is 0 Å². The molecule has 0 bridgehead atoms. The van der Waals surface area contributed by atoms with Crippen molar-refractivity contribution in [2.24, 2.45) is 5.92 Å². The van der Waals surface area contributed by atoms with E-state index >= 15 is 0 Å². The van der Waals surface area contributed by atoms with E-state index in [9.17, 15) is 5.26 Å². The number of nitriles is 1. The van der Waals surface area contributed by atoms with Crippen molar-refractivity contribution in [3.63, 3.8) is 0 Å². The Bertz CT molecular complexity index is 416. The zero-order valence-electron chi connectivity index (χ0n) is 11.6. The molecule has 0 spiro atoms.